The maximum absolute atomic E-state index is 9.18. The lowest BCUT2D eigenvalue weighted by atomic mass is 10.2. The molecule has 0 spiro atoms. The van der Waals surface area contributed by atoms with Gasteiger partial charge in [0.25, 0.3) is 0 Å². The fourth-order valence-electron chi connectivity index (χ4n) is 2.07. The summed E-state index contributed by atoms with van der Waals surface area (Å²) in [6, 6.07) is 7.63. The topological polar surface area (TPSA) is 41.9 Å². The van der Waals surface area contributed by atoms with Gasteiger partial charge in [-0.2, -0.15) is 0 Å². The summed E-state index contributed by atoms with van der Waals surface area (Å²) in [5, 5.41) is 9.18. The molecule has 100 valence electrons. The third-order valence-electron chi connectivity index (χ3n) is 3.12. The van der Waals surface area contributed by atoms with Gasteiger partial charge in [-0.3, -0.25) is 4.90 Å². The van der Waals surface area contributed by atoms with Crippen LogP contribution in [0, 0.1) is 0 Å². The first-order valence-corrected chi connectivity index (χ1v) is 6.52. The molecule has 0 amide bonds. The third kappa shape index (κ3) is 3.98. The van der Waals surface area contributed by atoms with Gasteiger partial charge in [0.05, 0.1) is 26.4 Å². The number of hydrogen-bond donors (Lipinski definition) is 1. The number of aliphatic hydroxyl groups excluding tert-OH is 1. The molecule has 1 N–H and O–H groups in total. The first kappa shape index (κ1) is 13.3. The fraction of sp³-hybridized carbons (Fsp3) is 0.571. The van der Waals surface area contributed by atoms with Crippen LogP contribution in [-0.2, 0) is 11.3 Å². The molecule has 0 saturated carbocycles. The highest BCUT2D eigenvalue weighted by molar-refractivity contribution is 5.32. The molecular weight excluding hydrogens is 230 g/mol. The van der Waals surface area contributed by atoms with E-state index in [9.17, 15) is 5.11 Å². The molecule has 4 nitrogen and oxygen atoms in total. The average molecular weight is 251 g/mol. The van der Waals surface area contributed by atoms with Crippen molar-refractivity contribution in [3.63, 3.8) is 0 Å². The molecule has 4 heteroatoms. The molecule has 0 bridgehead atoms. The largest absolute Gasteiger partial charge is 0.493 e. The Balaban J connectivity index is 1.68. The number of nitrogens with zero attached hydrogens (tertiary/aromatic N) is 1. The Hall–Kier alpha value is -1.10. The summed E-state index contributed by atoms with van der Waals surface area (Å²) in [5.41, 5.74) is 0.851. The zero-order valence-corrected chi connectivity index (χ0v) is 10.7. The van der Waals surface area contributed by atoms with E-state index in [0.29, 0.717) is 6.61 Å². The van der Waals surface area contributed by atoms with Crippen LogP contribution < -0.4 is 4.74 Å². The molecular formula is C14H21NO3. The van der Waals surface area contributed by atoms with Crippen LogP contribution in [0.3, 0.4) is 0 Å². The normalized spacial score (nSPS) is 16.7. The quantitative estimate of drug-likeness (QED) is 0.773. The summed E-state index contributed by atoms with van der Waals surface area (Å²) >= 11 is 0. The Labute approximate surface area is 108 Å². The number of ether oxygens (including phenoxy) is 2. The number of benzene rings is 1. The van der Waals surface area contributed by atoms with Crippen LogP contribution >= 0.6 is 0 Å². The van der Waals surface area contributed by atoms with Crippen molar-refractivity contribution >= 4 is 0 Å². The van der Waals surface area contributed by atoms with Crippen LogP contribution in [0.4, 0.5) is 0 Å². The highest BCUT2D eigenvalue weighted by Gasteiger charge is 2.09. The Morgan fingerprint density at radius 2 is 2.00 bits per heavy atom. The van der Waals surface area contributed by atoms with Gasteiger partial charge in [-0.05, 0) is 12.5 Å². The first-order valence-electron chi connectivity index (χ1n) is 6.52. The van der Waals surface area contributed by atoms with Gasteiger partial charge >= 0.3 is 0 Å². The monoisotopic (exact) mass is 251 g/mol. The van der Waals surface area contributed by atoms with Crippen LogP contribution in [0.2, 0.25) is 0 Å². The van der Waals surface area contributed by atoms with Crippen molar-refractivity contribution in [1.82, 2.24) is 4.90 Å². The lowest BCUT2D eigenvalue weighted by Crippen LogP contribution is -2.37. The molecule has 0 aliphatic carbocycles. The van der Waals surface area contributed by atoms with Crippen molar-refractivity contribution in [2.24, 2.45) is 0 Å². The van der Waals surface area contributed by atoms with E-state index in [4.69, 9.17) is 9.47 Å². The molecule has 1 aromatic carbocycles. The van der Waals surface area contributed by atoms with Crippen LogP contribution in [0.1, 0.15) is 12.0 Å². The molecule has 1 aromatic rings. The van der Waals surface area contributed by atoms with E-state index in [2.05, 4.69) is 4.90 Å². The lowest BCUT2D eigenvalue weighted by Gasteiger charge is -2.26. The van der Waals surface area contributed by atoms with Gasteiger partial charge in [-0.15, -0.1) is 0 Å². The second-order valence-electron chi connectivity index (χ2n) is 4.42. The van der Waals surface area contributed by atoms with E-state index in [1.165, 1.54) is 0 Å². The second kappa shape index (κ2) is 7.36. The predicted molar refractivity (Wildman–Crippen MR) is 69.7 cm³/mol. The zero-order chi connectivity index (χ0) is 12.6. The van der Waals surface area contributed by atoms with Gasteiger partial charge in [0, 0.05) is 25.2 Å². The molecule has 1 fully saturated rings. The van der Waals surface area contributed by atoms with E-state index in [1.54, 1.807) is 0 Å². The summed E-state index contributed by atoms with van der Waals surface area (Å²) in [6.07, 6.45) is 1.000. The van der Waals surface area contributed by atoms with Crippen LogP contribution in [0.25, 0.3) is 0 Å². The van der Waals surface area contributed by atoms with E-state index < -0.39 is 0 Å². The number of rotatable bonds is 6. The molecule has 1 saturated heterocycles. The summed E-state index contributed by atoms with van der Waals surface area (Å²) in [5.74, 6) is 0.793. The number of morpholine rings is 1. The highest BCUT2D eigenvalue weighted by atomic mass is 16.5. The van der Waals surface area contributed by atoms with Crippen molar-refractivity contribution < 1.29 is 14.6 Å². The molecule has 0 atom stereocenters. The molecule has 1 aliphatic heterocycles. The van der Waals surface area contributed by atoms with Crippen molar-refractivity contribution in [2.75, 3.05) is 39.5 Å². The lowest BCUT2D eigenvalue weighted by molar-refractivity contribution is 0.0357. The van der Waals surface area contributed by atoms with Gasteiger partial charge in [0.15, 0.2) is 0 Å². The molecule has 0 unspecified atom stereocenters. The Bertz CT molecular complexity index is 351. The predicted octanol–water partition coefficient (Wildman–Crippen LogP) is 1.28. The van der Waals surface area contributed by atoms with Gasteiger partial charge in [-0.25, -0.2) is 0 Å². The second-order valence-corrected chi connectivity index (χ2v) is 4.42. The van der Waals surface area contributed by atoms with E-state index in [1.807, 2.05) is 24.3 Å². The number of para-hydroxylation sites is 1. The molecule has 0 aromatic heterocycles. The minimum Gasteiger partial charge on any atom is -0.493 e. The van der Waals surface area contributed by atoms with Gasteiger partial charge < -0.3 is 14.6 Å². The summed E-state index contributed by atoms with van der Waals surface area (Å²) in [7, 11) is 0. The maximum Gasteiger partial charge on any atom is 0.124 e. The van der Waals surface area contributed by atoms with Crippen molar-refractivity contribution in [3.05, 3.63) is 29.8 Å². The Kier molecular flexibility index (Phi) is 5.45. The van der Waals surface area contributed by atoms with E-state index in [0.717, 1.165) is 50.6 Å². The molecule has 18 heavy (non-hydrogen) atoms. The van der Waals surface area contributed by atoms with Gasteiger partial charge in [0.2, 0.25) is 0 Å². The smallest absolute Gasteiger partial charge is 0.124 e. The van der Waals surface area contributed by atoms with E-state index in [-0.39, 0.29) is 6.61 Å². The van der Waals surface area contributed by atoms with Crippen LogP contribution in [0.15, 0.2) is 24.3 Å². The van der Waals surface area contributed by atoms with E-state index >= 15 is 0 Å². The van der Waals surface area contributed by atoms with Crippen LogP contribution in [-0.4, -0.2) is 49.5 Å². The van der Waals surface area contributed by atoms with Crippen LogP contribution in [0.5, 0.6) is 5.75 Å². The van der Waals surface area contributed by atoms with Crippen molar-refractivity contribution in [2.45, 2.75) is 13.0 Å². The molecule has 1 heterocycles. The minimum atomic E-state index is 0.0274. The number of aliphatic hydroxyl groups is 1. The standard InChI is InChI=1S/C14H21NO3/c16-12-13-4-1-2-5-14(13)18-9-3-6-15-7-10-17-11-8-15/h1-2,4-5,16H,3,6-12H2. The minimum absolute atomic E-state index is 0.0274. The Morgan fingerprint density at radius 3 is 2.78 bits per heavy atom. The SMILES string of the molecule is OCc1ccccc1OCCCN1CCOCC1. The Morgan fingerprint density at radius 1 is 1.22 bits per heavy atom. The molecule has 1 aliphatic rings. The summed E-state index contributed by atoms with van der Waals surface area (Å²) in [6.45, 7) is 5.49. The van der Waals surface area contributed by atoms with Gasteiger partial charge in [0.1, 0.15) is 5.75 Å². The zero-order valence-electron chi connectivity index (χ0n) is 10.7. The van der Waals surface area contributed by atoms with Gasteiger partial charge in [-0.1, -0.05) is 18.2 Å². The first-order chi connectivity index (χ1) is 8.90. The molecule has 2 rings (SSSR count). The average Bonchev–Trinajstić information content (AvgIpc) is 2.45. The van der Waals surface area contributed by atoms with Crippen molar-refractivity contribution in [1.29, 1.82) is 0 Å². The third-order valence-corrected chi connectivity index (χ3v) is 3.12. The van der Waals surface area contributed by atoms with Crippen molar-refractivity contribution in [3.8, 4) is 5.75 Å². The maximum atomic E-state index is 9.18. The summed E-state index contributed by atoms with van der Waals surface area (Å²) < 4.78 is 11.0. The number of hydrogen-bond acceptors (Lipinski definition) is 4. The fourth-order valence-corrected chi connectivity index (χ4v) is 2.07. The summed E-state index contributed by atoms with van der Waals surface area (Å²) in [4.78, 5) is 2.39. The molecule has 0 radical (unpaired) electrons. The highest BCUT2D eigenvalue weighted by Crippen LogP contribution is 2.17.